The van der Waals surface area contributed by atoms with Crippen molar-refractivity contribution in [3.8, 4) is 0 Å². The second kappa shape index (κ2) is 8.73. The van der Waals surface area contributed by atoms with E-state index in [1.165, 1.54) is 12.1 Å². The molecule has 1 amide bonds. The highest BCUT2D eigenvalue weighted by Crippen LogP contribution is 2.28. The van der Waals surface area contributed by atoms with Gasteiger partial charge < -0.3 is 14.5 Å². The fourth-order valence-corrected chi connectivity index (χ4v) is 3.24. The van der Waals surface area contributed by atoms with Crippen molar-refractivity contribution in [2.45, 2.75) is 12.8 Å². The summed E-state index contributed by atoms with van der Waals surface area (Å²) in [4.78, 5) is 50.5. The third-order valence-corrected chi connectivity index (χ3v) is 4.78. The molecule has 3 rings (SSSR count). The van der Waals surface area contributed by atoms with Gasteiger partial charge in [-0.15, -0.1) is 0 Å². The molecule has 0 unspecified atom stereocenters. The van der Waals surface area contributed by atoms with Gasteiger partial charge in [0.05, 0.1) is 10.5 Å². The Morgan fingerprint density at radius 2 is 1.93 bits per heavy atom. The zero-order chi connectivity index (χ0) is 21.8. The lowest BCUT2D eigenvalue weighted by atomic mass is 10.1. The van der Waals surface area contributed by atoms with Crippen LogP contribution < -0.4 is 9.80 Å². The Morgan fingerprint density at radius 3 is 2.57 bits per heavy atom. The van der Waals surface area contributed by atoms with Crippen LogP contribution in [0.5, 0.6) is 0 Å². The van der Waals surface area contributed by atoms with E-state index < -0.39 is 23.3 Å². The van der Waals surface area contributed by atoms with E-state index in [0.717, 1.165) is 12.5 Å². The summed E-state index contributed by atoms with van der Waals surface area (Å²) >= 11 is 0. The summed E-state index contributed by atoms with van der Waals surface area (Å²) in [5.41, 5.74) is 1.04. The Bertz CT molecular complexity index is 1020. The largest absolute Gasteiger partial charge is 0.454 e. The predicted octanol–water partition coefficient (Wildman–Crippen LogP) is 2.83. The first-order valence-corrected chi connectivity index (χ1v) is 9.34. The van der Waals surface area contributed by atoms with Gasteiger partial charge in [-0.25, -0.2) is 4.79 Å². The van der Waals surface area contributed by atoms with Crippen molar-refractivity contribution >= 4 is 34.7 Å². The molecular weight excluding hydrogens is 390 g/mol. The molecule has 1 aliphatic heterocycles. The van der Waals surface area contributed by atoms with Gasteiger partial charge in [0.1, 0.15) is 5.69 Å². The number of amides is 1. The lowest BCUT2D eigenvalue weighted by Gasteiger charge is -2.16. The molecule has 2 aromatic carbocycles. The molecule has 0 N–H and O–H groups in total. The zero-order valence-corrected chi connectivity index (χ0v) is 16.7. The average Bonchev–Trinajstić information content (AvgIpc) is 3.17. The third kappa shape index (κ3) is 4.45. The van der Waals surface area contributed by atoms with Crippen LogP contribution in [0.15, 0.2) is 42.5 Å². The van der Waals surface area contributed by atoms with Crippen molar-refractivity contribution in [1.29, 1.82) is 0 Å². The smallest absolute Gasteiger partial charge is 0.338 e. The molecular formula is C21H21N3O6. The fourth-order valence-electron chi connectivity index (χ4n) is 3.24. The monoisotopic (exact) mass is 411 g/mol. The van der Waals surface area contributed by atoms with Crippen LogP contribution in [0.2, 0.25) is 0 Å². The first-order valence-electron chi connectivity index (χ1n) is 9.34. The van der Waals surface area contributed by atoms with Crippen LogP contribution in [0.3, 0.4) is 0 Å². The Balaban J connectivity index is 1.69. The fraction of sp³-hybridized carbons (Fsp3) is 0.286. The maximum atomic E-state index is 12.5. The van der Waals surface area contributed by atoms with E-state index in [1.807, 2.05) is 0 Å². The minimum Gasteiger partial charge on any atom is -0.454 e. The molecule has 0 spiro atoms. The molecule has 0 bridgehead atoms. The van der Waals surface area contributed by atoms with Gasteiger partial charge >= 0.3 is 5.97 Å². The normalized spacial score (nSPS) is 13.3. The Labute approximate surface area is 173 Å². The number of rotatable bonds is 7. The molecule has 156 valence electrons. The van der Waals surface area contributed by atoms with Crippen LogP contribution in [0.1, 0.15) is 33.6 Å². The number of hydrogen-bond donors (Lipinski definition) is 0. The topological polar surface area (TPSA) is 110 Å². The maximum Gasteiger partial charge on any atom is 0.338 e. The second-order valence-electron chi connectivity index (χ2n) is 7.05. The molecule has 0 atom stereocenters. The van der Waals surface area contributed by atoms with Crippen LogP contribution in [-0.4, -0.2) is 49.8 Å². The Hall–Kier alpha value is -3.75. The number of anilines is 2. The van der Waals surface area contributed by atoms with Crippen molar-refractivity contribution in [3.05, 3.63) is 63.7 Å². The van der Waals surface area contributed by atoms with E-state index in [9.17, 15) is 24.5 Å². The number of esters is 1. The molecule has 0 radical (unpaired) electrons. The number of nitro benzene ring substituents is 1. The van der Waals surface area contributed by atoms with Gasteiger partial charge in [0.15, 0.2) is 12.4 Å². The summed E-state index contributed by atoms with van der Waals surface area (Å²) in [6, 6.07) is 10.6. The highest BCUT2D eigenvalue weighted by molar-refractivity contribution is 6.02. The summed E-state index contributed by atoms with van der Waals surface area (Å²) < 4.78 is 5.06. The molecule has 0 aliphatic carbocycles. The van der Waals surface area contributed by atoms with Crippen LogP contribution >= 0.6 is 0 Å². The summed E-state index contributed by atoms with van der Waals surface area (Å²) in [5, 5.41) is 11.3. The minimum absolute atomic E-state index is 0.00814. The van der Waals surface area contributed by atoms with E-state index >= 15 is 0 Å². The molecule has 1 aliphatic rings. The summed E-state index contributed by atoms with van der Waals surface area (Å²) in [7, 11) is 3.31. The lowest BCUT2D eigenvalue weighted by molar-refractivity contribution is -0.384. The first kappa shape index (κ1) is 21.0. The number of nitrogens with zero attached hydrogens (tertiary/aromatic N) is 3. The van der Waals surface area contributed by atoms with Crippen molar-refractivity contribution in [1.82, 2.24) is 0 Å². The number of ketones is 1. The SMILES string of the molecule is CN(C)c1ccc(C(=O)OCC(=O)c2cccc(N3CCCC3=O)c2)cc1[N+](=O)[O-]. The van der Waals surface area contributed by atoms with E-state index in [2.05, 4.69) is 0 Å². The van der Waals surface area contributed by atoms with Gasteiger partial charge in [0, 0.05) is 44.4 Å². The first-order chi connectivity index (χ1) is 14.3. The van der Waals surface area contributed by atoms with E-state index in [-0.39, 0.29) is 17.2 Å². The summed E-state index contributed by atoms with van der Waals surface area (Å²) in [6.45, 7) is 0.0899. The Morgan fingerprint density at radius 1 is 1.17 bits per heavy atom. The van der Waals surface area contributed by atoms with Gasteiger partial charge in [-0.1, -0.05) is 12.1 Å². The van der Waals surface area contributed by atoms with Crippen LogP contribution in [0, 0.1) is 10.1 Å². The van der Waals surface area contributed by atoms with E-state index in [4.69, 9.17) is 4.74 Å². The number of carbonyl (C=O) groups is 3. The summed E-state index contributed by atoms with van der Waals surface area (Å²) in [6.07, 6.45) is 1.25. The lowest BCUT2D eigenvalue weighted by Crippen LogP contribution is -2.24. The van der Waals surface area contributed by atoms with Gasteiger partial charge in [0.2, 0.25) is 5.91 Å². The minimum atomic E-state index is -0.831. The number of ether oxygens (including phenoxy) is 1. The quantitative estimate of drug-likeness (QED) is 0.298. The van der Waals surface area contributed by atoms with Crippen molar-refractivity contribution in [2.24, 2.45) is 0 Å². The maximum absolute atomic E-state index is 12.5. The molecule has 30 heavy (non-hydrogen) atoms. The highest BCUT2D eigenvalue weighted by Gasteiger charge is 2.23. The van der Waals surface area contributed by atoms with Crippen molar-refractivity contribution in [2.75, 3.05) is 37.0 Å². The van der Waals surface area contributed by atoms with Gasteiger partial charge in [0.25, 0.3) is 5.69 Å². The van der Waals surface area contributed by atoms with Crippen LogP contribution in [0.4, 0.5) is 17.1 Å². The van der Waals surface area contributed by atoms with Gasteiger partial charge in [-0.2, -0.15) is 0 Å². The number of nitro groups is 1. The predicted molar refractivity (Wildman–Crippen MR) is 110 cm³/mol. The molecule has 0 saturated carbocycles. The summed E-state index contributed by atoms with van der Waals surface area (Å²) in [5.74, 6) is -1.26. The molecule has 1 fully saturated rings. The van der Waals surface area contributed by atoms with E-state index in [0.29, 0.717) is 29.9 Å². The molecule has 0 aromatic heterocycles. The molecule has 1 heterocycles. The number of hydrogen-bond acceptors (Lipinski definition) is 7. The van der Waals surface area contributed by atoms with Gasteiger partial charge in [-0.05, 0) is 30.7 Å². The van der Waals surface area contributed by atoms with Crippen molar-refractivity contribution in [3.63, 3.8) is 0 Å². The van der Waals surface area contributed by atoms with Crippen LogP contribution in [0.25, 0.3) is 0 Å². The number of carbonyl (C=O) groups excluding carboxylic acids is 3. The molecule has 1 saturated heterocycles. The van der Waals surface area contributed by atoms with Crippen LogP contribution in [-0.2, 0) is 9.53 Å². The van der Waals surface area contributed by atoms with Crippen molar-refractivity contribution < 1.29 is 24.0 Å². The molecule has 9 heteroatoms. The van der Waals surface area contributed by atoms with E-state index in [1.54, 1.807) is 48.2 Å². The highest BCUT2D eigenvalue weighted by atomic mass is 16.6. The van der Waals surface area contributed by atoms with Gasteiger partial charge in [-0.3, -0.25) is 19.7 Å². The second-order valence-corrected chi connectivity index (χ2v) is 7.05. The third-order valence-electron chi connectivity index (χ3n) is 4.78. The Kier molecular flexibility index (Phi) is 6.10. The number of benzene rings is 2. The average molecular weight is 411 g/mol. The molecule has 2 aromatic rings. The molecule has 9 nitrogen and oxygen atoms in total. The zero-order valence-electron chi connectivity index (χ0n) is 16.7. The number of Topliss-reactive ketones (excluding diaryl/α,β-unsaturated/α-hetero) is 1. The standard InChI is InChI=1S/C21H21N3O6/c1-22(2)17-9-8-15(12-18(17)24(28)29)21(27)30-13-19(25)14-5-3-6-16(11-14)23-10-4-7-20(23)26/h3,5-6,8-9,11-12H,4,7,10,13H2,1-2H3.